The van der Waals surface area contributed by atoms with Crippen molar-refractivity contribution in [3.8, 4) is 5.75 Å². The standard InChI is InChI=1S/C18H19F3N2O2/c1-12-4-3-5-16(13(12)2)25-11-10-22-17(24)23-15-8-6-14(7-9-15)18(19,20)21/h3-9H,10-11H2,1-2H3,(H2,22,23,24). The van der Waals surface area contributed by atoms with Crippen LogP contribution in [0.15, 0.2) is 42.5 Å². The quantitative estimate of drug-likeness (QED) is 0.777. The van der Waals surface area contributed by atoms with Gasteiger partial charge in [-0.2, -0.15) is 13.2 Å². The Kier molecular flexibility index (Phi) is 5.90. The Morgan fingerprint density at radius 3 is 2.40 bits per heavy atom. The Morgan fingerprint density at radius 1 is 1.08 bits per heavy atom. The van der Waals surface area contributed by atoms with Gasteiger partial charge in [-0.3, -0.25) is 0 Å². The number of halogens is 3. The lowest BCUT2D eigenvalue weighted by atomic mass is 10.1. The molecule has 0 saturated heterocycles. The summed E-state index contributed by atoms with van der Waals surface area (Å²) < 4.78 is 43.0. The molecule has 0 spiro atoms. The lowest BCUT2D eigenvalue weighted by Gasteiger charge is -2.12. The molecule has 0 unspecified atom stereocenters. The van der Waals surface area contributed by atoms with Crippen molar-refractivity contribution in [2.45, 2.75) is 20.0 Å². The summed E-state index contributed by atoms with van der Waals surface area (Å²) in [5.74, 6) is 0.755. The fourth-order valence-corrected chi connectivity index (χ4v) is 2.12. The van der Waals surface area contributed by atoms with Gasteiger partial charge in [-0.1, -0.05) is 12.1 Å². The molecule has 0 bridgehead atoms. The number of carbonyl (C=O) groups excluding carboxylic acids is 1. The number of anilines is 1. The van der Waals surface area contributed by atoms with Crippen molar-refractivity contribution in [3.63, 3.8) is 0 Å². The second-order valence-corrected chi connectivity index (χ2v) is 5.50. The van der Waals surface area contributed by atoms with E-state index in [-0.39, 0.29) is 18.8 Å². The number of urea groups is 1. The van der Waals surface area contributed by atoms with Gasteiger partial charge in [0.05, 0.1) is 12.1 Å². The molecule has 0 fully saturated rings. The number of hydrogen-bond acceptors (Lipinski definition) is 2. The molecule has 0 aromatic heterocycles. The van der Waals surface area contributed by atoms with E-state index in [4.69, 9.17) is 4.74 Å². The summed E-state index contributed by atoms with van der Waals surface area (Å²) in [4.78, 5) is 11.7. The first kappa shape index (κ1) is 18.6. The molecule has 7 heteroatoms. The summed E-state index contributed by atoms with van der Waals surface area (Å²) in [6, 6.07) is 9.46. The molecule has 2 rings (SSSR count). The molecule has 0 atom stereocenters. The predicted octanol–water partition coefficient (Wildman–Crippen LogP) is 4.52. The van der Waals surface area contributed by atoms with Crippen LogP contribution in [0.2, 0.25) is 0 Å². The van der Waals surface area contributed by atoms with Crippen LogP contribution in [-0.4, -0.2) is 19.2 Å². The van der Waals surface area contributed by atoms with Crippen molar-refractivity contribution in [3.05, 3.63) is 59.2 Å². The Morgan fingerprint density at radius 2 is 1.76 bits per heavy atom. The molecule has 2 amide bonds. The predicted molar refractivity (Wildman–Crippen MR) is 89.9 cm³/mol. The van der Waals surface area contributed by atoms with Crippen LogP contribution in [0.3, 0.4) is 0 Å². The van der Waals surface area contributed by atoms with E-state index in [1.165, 1.54) is 12.1 Å². The molecule has 0 aliphatic carbocycles. The number of hydrogen-bond donors (Lipinski definition) is 2. The van der Waals surface area contributed by atoms with Crippen molar-refractivity contribution in [1.82, 2.24) is 5.32 Å². The molecule has 2 aromatic rings. The molecular formula is C18H19F3N2O2. The molecule has 4 nitrogen and oxygen atoms in total. The third-order valence-electron chi connectivity index (χ3n) is 3.67. The van der Waals surface area contributed by atoms with Crippen LogP contribution in [0.1, 0.15) is 16.7 Å². The molecule has 0 heterocycles. The minimum absolute atomic E-state index is 0.264. The Hall–Kier alpha value is -2.70. The molecule has 0 radical (unpaired) electrons. The average molecular weight is 352 g/mol. The van der Waals surface area contributed by atoms with Gasteiger partial charge in [0, 0.05) is 5.69 Å². The first-order valence-electron chi connectivity index (χ1n) is 7.68. The minimum atomic E-state index is -4.40. The monoisotopic (exact) mass is 352 g/mol. The van der Waals surface area contributed by atoms with Gasteiger partial charge in [0.2, 0.25) is 0 Å². The molecule has 134 valence electrons. The minimum Gasteiger partial charge on any atom is -0.491 e. The molecule has 2 aromatic carbocycles. The highest BCUT2D eigenvalue weighted by Crippen LogP contribution is 2.29. The topological polar surface area (TPSA) is 50.4 Å². The maximum Gasteiger partial charge on any atom is 0.416 e. The van der Waals surface area contributed by atoms with Gasteiger partial charge in [0.1, 0.15) is 12.4 Å². The fraction of sp³-hybridized carbons (Fsp3) is 0.278. The van der Waals surface area contributed by atoms with Gasteiger partial charge in [-0.15, -0.1) is 0 Å². The van der Waals surface area contributed by atoms with Crippen LogP contribution in [0.4, 0.5) is 23.7 Å². The maximum atomic E-state index is 12.5. The number of carbonyl (C=O) groups is 1. The molecule has 0 aliphatic heterocycles. The SMILES string of the molecule is Cc1cccc(OCCNC(=O)Nc2ccc(C(F)(F)F)cc2)c1C. The molecule has 0 aliphatic rings. The summed E-state index contributed by atoms with van der Waals surface area (Å²) in [6.07, 6.45) is -4.40. The Labute approximate surface area is 144 Å². The summed E-state index contributed by atoms with van der Waals surface area (Å²) in [5.41, 5.74) is 1.67. The lowest BCUT2D eigenvalue weighted by molar-refractivity contribution is -0.137. The molecular weight excluding hydrogens is 333 g/mol. The summed E-state index contributed by atoms with van der Waals surface area (Å²) in [7, 11) is 0. The van der Waals surface area contributed by atoms with Crippen molar-refractivity contribution in [1.29, 1.82) is 0 Å². The van der Waals surface area contributed by atoms with Crippen LogP contribution < -0.4 is 15.4 Å². The average Bonchev–Trinajstić information content (AvgIpc) is 2.55. The smallest absolute Gasteiger partial charge is 0.416 e. The normalized spacial score (nSPS) is 11.1. The zero-order valence-corrected chi connectivity index (χ0v) is 13.9. The number of rotatable bonds is 5. The van der Waals surface area contributed by atoms with E-state index in [9.17, 15) is 18.0 Å². The van der Waals surface area contributed by atoms with E-state index in [1.54, 1.807) is 0 Å². The molecule has 25 heavy (non-hydrogen) atoms. The summed E-state index contributed by atoms with van der Waals surface area (Å²) >= 11 is 0. The van der Waals surface area contributed by atoms with Gasteiger partial charge >= 0.3 is 12.2 Å². The third-order valence-corrected chi connectivity index (χ3v) is 3.67. The first-order chi connectivity index (χ1) is 11.8. The second-order valence-electron chi connectivity index (χ2n) is 5.50. The zero-order chi connectivity index (χ0) is 18.4. The zero-order valence-electron chi connectivity index (χ0n) is 13.9. The highest BCUT2D eigenvalue weighted by molar-refractivity contribution is 5.89. The number of amides is 2. The van der Waals surface area contributed by atoms with E-state index in [1.807, 2.05) is 32.0 Å². The van der Waals surface area contributed by atoms with Crippen molar-refractivity contribution >= 4 is 11.7 Å². The number of benzene rings is 2. The summed E-state index contributed by atoms with van der Waals surface area (Å²) in [6.45, 7) is 4.48. The molecule has 2 N–H and O–H groups in total. The van der Waals surface area contributed by atoms with Gasteiger partial charge < -0.3 is 15.4 Å². The largest absolute Gasteiger partial charge is 0.491 e. The Bertz CT molecular complexity index is 728. The second kappa shape index (κ2) is 7.92. The van der Waals surface area contributed by atoms with E-state index < -0.39 is 17.8 Å². The lowest BCUT2D eigenvalue weighted by Crippen LogP contribution is -2.32. The van der Waals surface area contributed by atoms with Crippen LogP contribution in [0, 0.1) is 13.8 Å². The highest BCUT2D eigenvalue weighted by atomic mass is 19.4. The molecule has 0 saturated carbocycles. The van der Waals surface area contributed by atoms with Crippen LogP contribution in [-0.2, 0) is 6.18 Å². The Balaban J connectivity index is 1.76. The van der Waals surface area contributed by atoms with Gasteiger partial charge in [-0.25, -0.2) is 4.79 Å². The number of alkyl halides is 3. The van der Waals surface area contributed by atoms with Gasteiger partial charge in [-0.05, 0) is 55.3 Å². The number of aryl methyl sites for hydroxylation is 1. The van der Waals surface area contributed by atoms with Crippen LogP contribution in [0.5, 0.6) is 5.75 Å². The summed E-state index contributed by atoms with van der Waals surface area (Å²) in [5, 5.41) is 5.05. The maximum absolute atomic E-state index is 12.5. The third kappa shape index (κ3) is 5.41. The van der Waals surface area contributed by atoms with E-state index in [0.717, 1.165) is 29.0 Å². The van der Waals surface area contributed by atoms with E-state index in [2.05, 4.69) is 10.6 Å². The van der Waals surface area contributed by atoms with Gasteiger partial charge in [0.25, 0.3) is 0 Å². The van der Waals surface area contributed by atoms with Crippen molar-refractivity contribution < 1.29 is 22.7 Å². The van der Waals surface area contributed by atoms with Crippen LogP contribution in [0.25, 0.3) is 0 Å². The highest BCUT2D eigenvalue weighted by Gasteiger charge is 2.29. The van der Waals surface area contributed by atoms with E-state index in [0.29, 0.717) is 0 Å². The van der Waals surface area contributed by atoms with Gasteiger partial charge in [0.15, 0.2) is 0 Å². The van der Waals surface area contributed by atoms with E-state index >= 15 is 0 Å². The van der Waals surface area contributed by atoms with Crippen molar-refractivity contribution in [2.24, 2.45) is 0 Å². The first-order valence-corrected chi connectivity index (χ1v) is 7.68. The fourth-order valence-electron chi connectivity index (χ4n) is 2.12. The van der Waals surface area contributed by atoms with Crippen molar-refractivity contribution in [2.75, 3.05) is 18.5 Å². The van der Waals surface area contributed by atoms with Crippen LogP contribution >= 0.6 is 0 Å². The number of ether oxygens (including phenoxy) is 1. The number of nitrogens with one attached hydrogen (secondary N) is 2.